The van der Waals surface area contributed by atoms with Crippen molar-refractivity contribution in [2.24, 2.45) is 14.1 Å². The molecule has 4 nitrogen and oxygen atoms in total. The highest BCUT2D eigenvalue weighted by molar-refractivity contribution is 6.36. The number of nitrogens with zero attached hydrogens (tertiary/aromatic N) is 4. The van der Waals surface area contributed by atoms with Gasteiger partial charge in [-0.2, -0.15) is 0 Å². The largest absolute Gasteiger partial charge is 0.342 e. The van der Waals surface area contributed by atoms with Gasteiger partial charge in [0.2, 0.25) is 0 Å². The Hall–Kier alpha value is -6.78. The molecule has 10 aromatic rings. The number of rotatable bonds is 6. The van der Waals surface area contributed by atoms with E-state index in [-0.39, 0.29) is 21.7 Å². The molecule has 2 aromatic heterocycles. The molecule has 4 heteroatoms. The maximum atomic E-state index is 2.45. The van der Waals surface area contributed by atoms with Gasteiger partial charge in [0.1, 0.15) is 0 Å². The van der Waals surface area contributed by atoms with Crippen LogP contribution in [0.2, 0.25) is 0 Å². The molecule has 0 aliphatic heterocycles. The molecular weight excluding hydrogens is 825 g/mol. The fourth-order valence-electron chi connectivity index (χ4n) is 10.5. The molecule has 344 valence electrons. The molecule has 0 aliphatic carbocycles. The predicted octanol–water partition coefficient (Wildman–Crippen LogP) is 18.3. The molecule has 0 unspecified atom stereocenters. The van der Waals surface area contributed by atoms with E-state index in [4.69, 9.17) is 0 Å². The summed E-state index contributed by atoms with van der Waals surface area (Å²) in [6.07, 6.45) is 0. The van der Waals surface area contributed by atoms with Crippen LogP contribution in [0.3, 0.4) is 0 Å². The average molecular weight is 893 g/mol. The fraction of sp³-hybridized carbons (Fsp3) is 0.281. The highest BCUT2D eigenvalue weighted by atomic mass is 15.2. The van der Waals surface area contributed by atoms with Gasteiger partial charge in [0, 0.05) is 69.8 Å². The van der Waals surface area contributed by atoms with Crippen molar-refractivity contribution in [2.75, 3.05) is 9.80 Å². The van der Waals surface area contributed by atoms with Crippen LogP contribution in [-0.2, 0) is 35.8 Å². The average Bonchev–Trinajstić information content (AvgIpc) is 3.75. The highest BCUT2D eigenvalue weighted by Gasteiger charge is 2.26. The van der Waals surface area contributed by atoms with E-state index in [9.17, 15) is 0 Å². The summed E-state index contributed by atoms with van der Waals surface area (Å²) in [5.74, 6) is 0. The van der Waals surface area contributed by atoms with E-state index >= 15 is 0 Å². The first kappa shape index (κ1) is 45.0. The van der Waals surface area contributed by atoms with E-state index in [0.29, 0.717) is 0 Å². The predicted molar refractivity (Wildman–Crippen MR) is 296 cm³/mol. The molecule has 0 aliphatic rings. The highest BCUT2D eigenvalue weighted by Crippen LogP contribution is 2.47. The van der Waals surface area contributed by atoms with Crippen molar-refractivity contribution in [1.82, 2.24) is 9.13 Å². The van der Waals surface area contributed by atoms with Gasteiger partial charge in [-0.25, -0.2) is 0 Å². The maximum absolute atomic E-state index is 2.45. The van der Waals surface area contributed by atoms with Gasteiger partial charge >= 0.3 is 0 Å². The number of anilines is 6. The van der Waals surface area contributed by atoms with Crippen LogP contribution < -0.4 is 9.80 Å². The third-order valence-electron chi connectivity index (χ3n) is 14.5. The number of fused-ring (bicyclic) bond motifs is 10. The van der Waals surface area contributed by atoms with Gasteiger partial charge in [0.15, 0.2) is 0 Å². The van der Waals surface area contributed by atoms with Gasteiger partial charge in [-0.3, -0.25) is 0 Å². The van der Waals surface area contributed by atoms with E-state index in [1.807, 2.05) is 0 Å². The lowest BCUT2D eigenvalue weighted by atomic mass is 9.86. The number of hydrogen-bond donors (Lipinski definition) is 0. The van der Waals surface area contributed by atoms with Gasteiger partial charge in [-0.1, -0.05) is 168 Å². The minimum atomic E-state index is 0.0628. The summed E-state index contributed by atoms with van der Waals surface area (Å²) < 4.78 is 4.90. The van der Waals surface area contributed by atoms with Crippen molar-refractivity contribution in [2.45, 2.75) is 105 Å². The Labute approximate surface area is 404 Å². The van der Waals surface area contributed by atoms with E-state index in [2.05, 4.69) is 274 Å². The first-order chi connectivity index (χ1) is 32.1. The van der Waals surface area contributed by atoms with Gasteiger partial charge in [-0.15, -0.1) is 0 Å². The smallest absolute Gasteiger partial charge is 0.0742 e. The molecule has 0 atom stereocenters. The Morgan fingerprint density at radius 2 is 0.544 bits per heavy atom. The monoisotopic (exact) mass is 893 g/mol. The van der Waals surface area contributed by atoms with Crippen LogP contribution >= 0.6 is 0 Å². The summed E-state index contributed by atoms with van der Waals surface area (Å²) in [6.45, 7) is 27.4. The van der Waals surface area contributed by atoms with Gasteiger partial charge in [0.25, 0.3) is 0 Å². The molecule has 68 heavy (non-hydrogen) atoms. The third-order valence-corrected chi connectivity index (χ3v) is 14.5. The topological polar surface area (TPSA) is 16.3 Å². The SMILES string of the molecule is Cn1c2cc(N(c3ccc(C(C)(C)C)cc3)c3ccc(C(C)(C)C)cc3)ccc2c2c3ccccc3c3c4ccc(N(c5ccc(C(C)(C)C)cc5)c5ccc(C(C)(C)C)cc5)cc4n(C)c3c21. The van der Waals surface area contributed by atoms with E-state index in [0.717, 1.165) is 34.1 Å². The molecule has 8 aromatic carbocycles. The van der Waals surface area contributed by atoms with Crippen LogP contribution in [0, 0.1) is 0 Å². The Morgan fingerprint density at radius 1 is 0.294 bits per heavy atom. The molecular formula is C64H68N4. The van der Waals surface area contributed by atoms with Crippen LogP contribution in [0.4, 0.5) is 34.1 Å². The second-order valence-corrected chi connectivity index (χ2v) is 23.4. The molecule has 0 amide bonds. The fourth-order valence-corrected chi connectivity index (χ4v) is 10.5. The van der Waals surface area contributed by atoms with Gasteiger partial charge in [0.05, 0.1) is 22.1 Å². The van der Waals surface area contributed by atoms with Crippen molar-refractivity contribution in [1.29, 1.82) is 0 Å². The minimum Gasteiger partial charge on any atom is -0.342 e. The molecule has 0 N–H and O–H groups in total. The summed E-state index contributed by atoms with van der Waals surface area (Å²) in [5, 5.41) is 7.64. The minimum absolute atomic E-state index is 0.0628. The van der Waals surface area contributed by atoms with Crippen LogP contribution in [0.1, 0.15) is 105 Å². The molecule has 0 saturated heterocycles. The van der Waals surface area contributed by atoms with E-state index in [1.54, 1.807) is 0 Å². The van der Waals surface area contributed by atoms with E-state index < -0.39 is 0 Å². The Kier molecular flexibility index (Phi) is 10.5. The molecule has 0 bridgehead atoms. The number of aromatic nitrogens is 2. The molecule has 10 rings (SSSR count). The van der Waals surface area contributed by atoms with Crippen molar-refractivity contribution in [3.63, 3.8) is 0 Å². The number of hydrogen-bond acceptors (Lipinski definition) is 2. The Morgan fingerprint density at radius 3 is 0.794 bits per heavy atom. The summed E-state index contributed by atoms with van der Waals surface area (Å²) in [7, 11) is 4.52. The molecule has 0 spiro atoms. The lowest BCUT2D eigenvalue weighted by Gasteiger charge is -2.28. The second kappa shape index (κ2) is 15.9. The van der Waals surface area contributed by atoms with Crippen molar-refractivity contribution in [3.8, 4) is 0 Å². The molecule has 2 heterocycles. The quantitative estimate of drug-likeness (QED) is 0.165. The molecule has 0 radical (unpaired) electrons. The summed E-state index contributed by atoms with van der Waals surface area (Å²) in [4.78, 5) is 4.84. The summed E-state index contributed by atoms with van der Waals surface area (Å²) in [5.41, 5.74) is 17.3. The normalized spacial score (nSPS) is 12.9. The first-order valence-corrected chi connectivity index (χ1v) is 24.5. The van der Waals surface area contributed by atoms with Crippen molar-refractivity contribution in [3.05, 3.63) is 180 Å². The third kappa shape index (κ3) is 7.63. The maximum Gasteiger partial charge on any atom is 0.0742 e. The van der Waals surface area contributed by atoms with Gasteiger partial charge < -0.3 is 18.9 Å². The Bertz CT molecular complexity index is 3160. The van der Waals surface area contributed by atoms with Crippen LogP contribution in [0.5, 0.6) is 0 Å². The van der Waals surface area contributed by atoms with Crippen molar-refractivity contribution < 1.29 is 0 Å². The van der Waals surface area contributed by atoms with Crippen LogP contribution in [0.15, 0.2) is 158 Å². The zero-order valence-corrected chi connectivity index (χ0v) is 42.8. The van der Waals surface area contributed by atoms with Crippen LogP contribution in [0.25, 0.3) is 54.4 Å². The Balaban J connectivity index is 1.19. The summed E-state index contributed by atoms with van der Waals surface area (Å²) >= 11 is 0. The molecule has 0 saturated carbocycles. The summed E-state index contributed by atoms with van der Waals surface area (Å²) in [6, 6.07) is 59.8. The lowest BCUT2D eigenvalue weighted by molar-refractivity contribution is 0.590. The zero-order chi connectivity index (χ0) is 48.2. The first-order valence-electron chi connectivity index (χ1n) is 24.5. The van der Waals surface area contributed by atoms with E-state index in [1.165, 1.54) is 76.6 Å². The lowest BCUT2D eigenvalue weighted by Crippen LogP contribution is -2.14. The number of benzene rings is 8. The number of aryl methyl sites for hydroxylation is 2. The zero-order valence-electron chi connectivity index (χ0n) is 42.8. The standard InChI is InChI=1S/C64H68N4/c1-61(2,3)41-19-27-45(28-20-41)67(46-29-21-42(22-30-46)62(4,5)6)49-35-37-53-55(39-49)65(13)59-57(53)51-17-15-16-18-52(51)58-54-38-36-50(40-56(54)66(14)60(58)59)68(47-31-23-43(24-32-47)63(7,8)9)48-33-25-44(26-34-48)64(10,11)12/h15-40H,1-14H3. The second-order valence-electron chi connectivity index (χ2n) is 23.4. The molecule has 0 fully saturated rings. The van der Waals surface area contributed by atoms with Crippen LogP contribution in [-0.4, -0.2) is 9.13 Å². The van der Waals surface area contributed by atoms with Gasteiger partial charge in [-0.05, 0) is 127 Å². The van der Waals surface area contributed by atoms with Crippen molar-refractivity contribution >= 4 is 88.5 Å².